The number of guanidine groups is 1. The Morgan fingerprint density at radius 1 is 1.28 bits per heavy atom. The zero-order valence-electron chi connectivity index (χ0n) is 16.6. The van der Waals surface area contributed by atoms with E-state index in [0.29, 0.717) is 18.5 Å². The van der Waals surface area contributed by atoms with Crippen molar-refractivity contribution in [1.82, 2.24) is 19.8 Å². The second kappa shape index (κ2) is 10.3. The Labute approximate surface area is 186 Å². The van der Waals surface area contributed by atoms with E-state index in [9.17, 15) is 13.2 Å². The van der Waals surface area contributed by atoms with E-state index in [1.54, 1.807) is 6.20 Å². The summed E-state index contributed by atoms with van der Waals surface area (Å²) in [6.45, 7) is 7.03. The van der Waals surface area contributed by atoms with Gasteiger partial charge in [-0.1, -0.05) is 19.1 Å². The van der Waals surface area contributed by atoms with Crippen molar-refractivity contribution in [3.05, 3.63) is 54.1 Å². The molecule has 1 fully saturated rings. The number of aliphatic imine (C=N–C) groups is 1. The van der Waals surface area contributed by atoms with Crippen LogP contribution in [0.25, 0.3) is 0 Å². The number of imidazole rings is 1. The maximum Gasteiger partial charge on any atom is 0.416 e. The standard InChI is InChI=1S/C20H26F3N5.HI/c1-3-25-19(26-12-16-4-6-17(7-5-16)20(21,22)23)27-10-8-15(2)18(13-27)28-11-9-24-14-28;/h4-7,9,11,14-15,18H,3,8,10,12-13H2,1-2H3,(H,25,26);1H. The van der Waals surface area contributed by atoms with Crippen molar-refractivity contribution in [1.29, 1.82) is 0 Å². The molecule has 29 heavy (non-hydrogen) atoms. The van der Waals surface area contributed by atoms with Crippen LogP contribution in [0.5, 0.6) is 0 Å². The number of hydrogen-bond donors (Lipinski definition) is 1. The molecule has 1 aromatic heterocycles. The molecule has 0 spiro atoms. The summed E-state index contributed by atoms with van der Waals surface area (Å²) >= 11 is 0. The summed E-state index contributed by atoms with van der Waals surface area (Å²) in [5.41, 5.74) is 0.111. The Morgan fingerprint density at radius 2 is 2.00 bits per heavy atom. The second-order valence-corrected chi connectivity index (χ2v) is 7.15. The molecule has 160 valence electrons. The van der Waals surface area contributed by atoms with Gasteiger partial charge in [-0.2, -0.15) is 13.2 Å². The van der Waals surface area contributed by atoms with Crippen LogP contribution in [-0.4, -0.2) is 40.0 Å². The summed E-state index contributed by atoms with van der Waals surface area (Å²) in [6, 6.07) is 5.50. The number of alkyl halides is 3. The van der Waals surface area contributed by atoms with E-state index in [4.69, 9.17) is 0 Å². The van der Waals surface area contributed by atoms with Gasteiger partial charge in [0.15, 0.2) is 5.96 Å². The van der Waals surface area contributed by atoms with Crippen LogP contribution in [0.4, 0.5) is 13.2 Å². The monoisotopic (exact) mass is 521 g/mol. The molecular formula is C20H27F3IN5. The lowest BCUT2D eigenvalue weighted by Crippen LogP contribution is -2.49. The number of piperidine rings is 1. The van der Waals surface area contributed by atoms with E-state index in [0.717, 1.165) is 49.7 Å². The lowest BCUT2D eigenvalue weighted by molar-refractivity contribution is -0.137. The van der Waals surface area contributed by atoms with Crippen LogP contribution in [0, 0.1) is 5.92 Å². The highest BCUT2D eigenvalue weighted by atomic mass is 127. The van der Waals surface area contributed by atoms with Crippen molar-refractivity contribution < 1.29 is 13.2 Å². The maximum atomic E-state index is 12.7. The summed E-state index contributed by atoms with van der Waals surface area (Å²) in [7, 11) is 0. The highest BCUT2D eigenvalue weighted by Crippen LogP contribution is 2.29. The number of halogens is 4. The smallest absolute Gasteiger partial charge is 0.357 e. The van der Waals surface area contributed by atoms with Gasteiger partial charge in [0.05, 0.1) is 24.5 Å². The van der Waals surface area contributed by atoms with Crippen LogP contribution >= 0.6 is 24.0 Å². The Morgan fingerprint density at radius 3 is 2.59 bits per heavy atom. The van der Waals surface area contributed by atoms with Crippen LogP contribution in [0.3, 0.4) is 0 Å². The minimum Gasteiger partial charge on any atom is -0.357 e. The first-order valence-electron chi connectivity index (χ1n) is 9.55. The summed E-state index contributed by atoms with van der Waals surface area (Å²) in [5.74, 6) is 1.32. The highest BCUT2D eigenvalue weighted by molar-refractivity contribution is 14.0. The predicted octanol–water partition coefficient (Wildman–Crippen LogP) is 4.57. The number of likely N-dealkylation sites (tertiary alicyclic amines) is 1. The lowest BCUT2D eigenvalue weighted by atomic mass is 9.93. The Bertz CT molecular complexity index is 774. The fourth-order valence-corrected chi connectivity index (χ4v) is 3.49. The molecule has 1 aromatic carbocycles. The SMILES string of the molecule is CCNC(=NCc1ccc(C(F)(F)F)cc1)N1CCC(C)C(n2ccnc2)C1.I. The normalized spacial score (nSPS) is 20.3. The molecule has 2 atom stereocenters. The van der Waals surface area contributed by atoms with E-state index in [2.05, 4.69) is 31.7 Å². The second-order valence-electron chi connectivity index (χ2n) is 7.15. The van der Waals surface area contributed by atoms with Crippen LogP contribution in [0.2, 0.25) is 0 Å². The summed E-state index contributed by atoms with van der Waals surface area (Å²) in [6.07, 6.45) is 2.33. The molecular weight excluding hydrogens is 494 g/mol. The Kier molecular flexibility index (Phi) is 8.35. The third-order valence-electron chi connectivity index (χ3n) is 5.15. The van der Waals surface area contributed by atoms with Gasteiger partial charge in [0.25, 0.3) is 0 Å². The van der Waals surface area contributed by atoms with Gasteiger partial charge in [-0.05, 0) is 37.0 Å². The van der Waals surface area contributed by atoms with E-state index < -0.39 is 11.7 Å². The fourth-order valence-electron chi connectivity index (χ4n) is 3.49. The molecule has 2 heterocycles. The van der Waals surface area contributed by atoms with Gasteiger partial charge >= 0.3 is 6.18 Å². The molecule has 0 bridgehead atoms. The van der Waals surface area contributed by atoms with Crippen molar-refractivity contribution in [2.45, 2.75) is 39.0 Å². The third-order valence-corrected chi connectivity index (χ3v) is 5.15. The molecule has 1 aliphatic heterocycles. The molecule has 1 N–H and O–H groups in total. The zero-order valence-corrected chi connectivity index (χ0v) is 18.9. The quantitative estimate of drug-likeness (QED) is 0.365. The first kappa shape index (κ1) is 23.5. The van der Waals surface area contributed by atoms with Gasteiger partial charge in [0.1, 0.15) is 0 Å². The van der Waals surface area contributed by atoms with Gasteiger partial charge in [-0.25, -0.2) is 9.98 Å². The first-order valence-corrected chi connectivity index (χ1v) is 9.55. The molecule has 0 saturated carbocycles. The zero-order chi connectivity index (χ0) is 20.1. The molecule has 0 amide bonds. The van der Waals surface area contributed by atoms with Crippen LogP contribution in [0.15, 0.2) is 48.0 Å². The van der Waals surface area contributed by atoms with Crippen molar-refractivity contribution in [3.8, 4) is 0 Å². The summed E-state index contributed by atoms with van der Waals surface area (Å²) in [4.78, 5) is 11.0. The van der Waals surface area contributed by atoms with E-state index >= 15 is 0 Å². The average Bonchev–Trinajstić information content (AvgIpc) is 3.20. The highest BCUT2D eigenvalue weighted by Gasteiger charge is 2.30. The van der Waals surface area contributed by atoms with Crippen LogP contribution < -0.4 is 5.32 Å². The molecule has 2 unspecified atom stereocenters. The third kappa shape index (κ3) is 6.10. The van der Waals surface area contributed by atoms with E-state index in [1.165, 1.54) is 12.1 Å². The van der Waals surface area contributed by atoms with E-state index in [1.807, 2.05) is 19.4 Å². The van der Waals surface area contributed by atoms with Crippen LogP contribution in [-0.2, 0) is 12.7 Å². The van der Waals surface area contributed by atoms with Crippen molar-refractivity contribution in [2.75, 3.05) is 19.6 Å². The number of hydrogen-bond acceptors (Lipinski definition) is 2. The van der Waals surface area contributed by atoms with Gasteiger partial charge in [0.2, 0.25) is 0 Å². The average molecular weight is 521 g/mol. The van der Waals surface area contributed by atoms with E-state index in [-0.39, 0.29) is 24.0 Å². The number of rotatable bonds is 4. The van der Waals surface area contributed by atoms with Crippen molar-refractivity contribution in [3.63, 3.8) is 0 Å². The summed E-state index contributed by atoms with van der Waals surface area (Å²) in [5, 5.41) is 3.31. The van der Waals surface area contributed by atoms with Gasteiger partial charge in [0, 0.05) is 32.0 Å². The number of nitrogens with one attached hydrogen (secondary N) is 1. The molecule has 0 aliphatic carbocycles. The number of aromatic nitrogens is 2. The van der Waals surface area contributed by atoms with Gasteiger partial charge in [-0.15, -0.1) is 24.0 Å². The Balaban J connectivity index is 0.00000300. The lowest BCUT2D eigenvalue weighted by Gasteiger charge is -2.39. The molecule has 0 radical (unpaired) electrons. The topological polar surface area (TPSA) is 45.5 Å². The van der Waals surface area contributed by atoms with Gasteiger partial charge < -0.3 is 14.8 Å². The minimum atomic E-state index is -4.32. The molecule has 2 aromatic rings. The number of nitrogens with zero attached hydrogens (tertiary/aromatic N) is 4. The largest absolute Gasteiger partial charge is 0.416 e. The molecule has 1 aliphatic rings. The van der Waals surface area contributed by atoms with Crippen molar-refractivity contribution in [2.24, 2.45) is 10.9 Å². The first-order chi connectivity index (χ1) is 13.4. The molecule has 9 heteroatoms. The van der Waals surface area contributed by atoms with Crippen LogP contribution in [0.1, 0.15) is 37.4 Å². The molecule has 5 nitrogen and oxygen atoms in total. The maximum absolute atomic E-state index is 12.7. The number of benzene rings is 1. The summed E-state index contributed by atoms with van der Waals surface area (Å²) < 4.78 is 40.3. The predicted molar refractivity (Wildman–Crippen MR) is 118 cm³/mol. The molecule has 3 rings (SSSR count). The minimum absolute atomic E-state index is 0. The van der Waals surface area contributed by atoms with Crippen molar-refractivity contribution >= 4 is 29.9 Å². The Hall–Kier alpha value is -1.78. The fraction of sp³-hybridized carbons (Fsp3) is 0.500. The molecule has 1 saturated heterocycles. The van der Waals surface area contributed by atoms with Gasteiger partial charge in [-0.3, -0.25) is 0 Å².